The van der Waals surface area contributed by atoms with E-state index in [9.17, 15) is 14.7 Å². The number of pyridine rings is 1. The first-order valence-corrected chi connectivity index (χ1v) is 9.92. The van der Waals surface area contributed by atoms with Crippen molar-refractivity contribution in [3.05, 3.63) is 53.5 Å². The van der Waals surface area contributed by atoms with Crippen molar-refractivity contribution in [2.45, 2.75) is 13.8 Å². The topological polar surface area (TPSA) is 104 Å². The predicted octanol–water partition coefficient (Wildman–Crippen LogP) is 5.20. The van der Waals surface area contributed by atoms with Crippen molar-refractivity contribution in [1.82, 2.24) is 14.5 Å². The molecule has 0 spiro atoms. The number of ether oxygens (including phenoxy) is 2. The molecule has 0 atom stereocenters. The monoisotopic (exact) mass is 423 g/mol. The quantitative estimate of drug-likeness (QED) is 0.450. The number of hydrogen-bond donors (Lipinski definition) is 1. The molecule has 0 bridgehead atoms. The summed E-state index contributed by atoms with van der Waals surface area (Å²) in [5, 5.41) is 11.0. The summed E-state index contributed by atoms with van der Waals surface area (Å²) < 4.78 is 10.7. The zero-order valence-corrected chi connectivity index (χ0v) is 17.0. The largest absolute Gasteiger partial charge is 0.515 e. The van der Waals surface area contributed by atoms with Crippen LogP contribution in [-0.4, -0.2) is 38.5 Å². The number of carbonyl (C=O) groups is 2. The molecule has 0 amide bonds. The zero-order valence-electron chi connectivity index (χ0n) is 16.2. The Morgan fingerprint density at radius 2 is 2.03 bits per heavy atom. The van der Waals surface area contributed by atoms with Gasteiger partial charge in [-0.05, 0) is 38.1 Å². The van der Waals surface area contributed by atoms with Gasteiger partial charge in [-0.25, -0.2) is 19.1 Å². The average Bonchev–Trinajstić information content (AvgIpc) is 3.28. The Hall–Kier alpha value is -3.72. The smallest absolute Gasteiger partial charge is 0.464 e. The molecule has 0 radical (unpaired) electrons. The second-order valence-electron chi connectivity index (χ2n) is 6.30. The number of benzene rings is 1. The Labute approximate surface area is 175 Å². The molecule has 3 aromatic heterocycles. The Kier molecular flexibility index (Phi) is 5.20. The summed E-state index contributed by atoms with van der Waals surface area (Å²) >= 11 is 1.54. The van der Waals surface area contributed by atoms with E-state index in [2.05, 4.69) is 4.98 Å². The highest BCUT2D eigenvalue weighted by Gasteiger charge is 2.20. The number of rotatable bonds is 4. The third kappa shape index (κ3) is 3.62. The first-order chi connectivity index (χ1) is 14.5. The highest BCUT2D eigenvalue weighted by molar-refractivity contribution is 7.15. The molecule has 0 saturated heterocycles. The Balaban J connectivity index is 1.76. The predicted molar refractivity (Wildman–Crippen MR) is 112 cm³/mol. The number of hydrogen-bond acceptors (Lipinski definition) is 7. The molecular weight excluding hydrogens is 406 g/mol. The van der Waals surface area contributed by atoms with Crippen LogP contribution in [0.3, 0.4) is 0 Å². The summed E-state index contributed by atoms with van der Waals surface area (Å²) in [7, 11) is 0. The number of aromatic nitrogens is 3. The summed E-state index contributed by atoms with van der Waals surface area (Å²) in [6.07, 6.45) is -0.505. The van der Waals surface area contributed by atoms with Gasteiger partial charge in [-0.15, -0.1) is 11.3 Å². The van der Waals surface area contributed by atoms with Crippen molar-refractivity contribution in [3.8, 4) is 27.8 Å². The number of nitrogens with zero attached hydrogens (tertiary/aromatic N) is 3. The number of carboxylic acid groups (broad SMARTS) is 1. The number of thiazole rings is 1. The molecule has 0 saturated carbocycles. The van der Waals surface area contributed by atoms with Crippen LogP contribution in [-0.2, 0) is 4.74 Å². The zero-order chi connectivity index (χ0) is 21.3. The lowest BCUT2D eigenvalue weighted by molar-refractivity contribution is 0.101. The van der Waals surface area contributed by atoms with Gasteiger partial charge in [0.2, 0.25) is 5.88 Å². The fourth-order valence-corrected chi connectivity index (χ4v) is 4.02. The molecule has 4 rings (SSSR count). The van der Waals surface area contributed by atoms with Crippen molar-refractivity contribution in [2.24, 2.45) is 0 Å². The molecule has 0 fully saturated rings. The molecule has 0 unspecified atom stereocenters. The minimum atomic E-state index is -1.26. The summed E-state index contributed by atoms with van der Waals surface area (Å²) in [5.74, 6) is -0.128. The van der Waals surface area contributed by atoms with Crippen LogP contribution in [0.5, 0.6) is 5.88 Å². The first kappa shape index (κ1) is 19.6. The molecular formula is C21H17N3O5S. The average molecular weight is 423 g/mol. The summed E-state index contributed by atoms with van der Waals surface area (Å²) in [6.45, 7) is 3.73. The van der Waals surface area contributed by atoms with Crippen LogP contribution in [0.15, 0.2) is 48.7 Å². The van der Waals surface area contributed by atoms with Crippen LogP contribution in [0.4, 0.5) is 9.59 Å². The van der Waals surface area contributed by atoms with E-state index in [1.807, 2.05) is 31.2 Å². The number of aryl methyl sites for hydroxylation is 1. The number of fused-ring (bicyclic) bond motifs is 1. The second-order valence-corrected chi connectivity index (χ2v) is 7.50. The standard InChI is InChI=1S/C21H17N3O5S/c1-3-28-21(27)29-17-11-14-10-13(7-8-16(14)24(17)20(25)26)18-12(2)30-19(23-18)15-6-4-5-9-22-15/h4-11H,3H2,1-2H3,(H,25,26). The maximum Gasteiger partial charge on any atom is 0.515 e. The summed E-state index contributed by atoms with van der Waals surface area (Å²) in [6, 6.07) is 12.4. The van der Waals surface area contributed by atoms with E-state index in [4.69, 9.17) is 14.5 Å². The van der Waals surface area contributed by atoms with Gasteiger partial charge in [0.15, 0.2) is 0 Å². The molecule has 30 heavy (non-hydrogen) atoms. The molecule has 9 heteroatoms. The van der Waals surface area contributed by atoms with Crippen molar-refractivity contribution in [3.63, 3.8) is 0 Å². The molecule has 0 aliphatic heterocycles. The van der Waals surface area contributed by atoms with Gasteiger partial charge in [0, 0.05) is 28.1 Å². The molecule has 0 aliphatic carbocycles. The van der Waals surface area contributed by atoms with Crippen LogP contribution in [0.2, 0.25) is 0 Å². The molecule has 3 heterocycles. The highest BCUT2D eigenvalue weighted by atomic mass is 32.1. The minimum Gasteiger partial charge on any atom is -0.464 e. The van der Waals surface area contributed by atoms with Gasteiger partial charge in [0.1, 0.15) is 5.01 Å². The van der Waals surface area contributed by atoms with E-state index in [-0.39, 0.29) is 12.5 Å². The van der Waals surface area contributed by atoms with Gasteiger partial charge >= 0.3 is 12.2 Å². The van der Waals surface area contributed by atoms with Crippen LogP contribution in [0.1, 0.15) is 11.8 Å². The highest BCUT2D eigenvalue weighted by Crippen LogP contribution is 2.35. The fraction of sp³-hybridized carbons (Fsp3) is 0.143. The van der Waals surface area contributed by atoms with Crippen LogP contribution in [0, 0.1) is 6.92 Å². The maximum atomic E-state index is 11.7. The van der Waals surface area contributed by atoms with Gasteiger partial charge in [0.25, 0.3) is 0 Å². The maximum absolute atomic E-state index is 11.7. The SMILES string of the molecule is CCOC(=O)Oc1cc2cc(-c3nc(-c4ccccn4)sc3C)ccc2n1C(=O)O. The van der Waals surface area contributed by atoms with Gasteiger partial charge < -0.3 is 14.6 Å². The normalized spacial score (nSPS) is 10.9. The van der Waals surface area contributed by atoms with Crippen molar-refractivity contribution >= 4 is 34.5 Å². The van der Waals surface area contributed by atoms with E-state index in [1.54, 1.807) is 25.3 Å². The lowest BCUT2D eigenvalue weighted by Gasteiger charge is -2.06. The van der Waals surface area contributed by atoms with E-state index in [1.165, 1.54) is 17.4 Å². The van der Waals surface area contributed by atoms with Gasteiger partial charge in [0.05, 0.1) is 23.5 Å². The minimum absolute atomic E-state index is 0.123. The van der Waals surface area contributed by atoms with E-state index in [0.29, 0.717) is 10.9 Å². The van der Waals surface area contributed by atoms with Gasteiger partial charge in [-0.1, -0.05) is 12.1 Å². The Bertz CT molecular complexity index is 1250. The summed E-state index contributed by atoms with van der Waals surface area (Å²) in [4.78, 5) is 33.5. The molecule has 4 aromatic rings. The van der Waals surface area contributed by atoms with Gasteiger partial charge in [-0.2, -0.15) is 0 Å². The third-order valence-electron chi connectivity index (χ3n) is 4.36. The number of carbonyl (C=O) groups excluding carboxylic acids is 1. The van der Waals surface area contributed by atoms with Crippen LogP contribution in [0.25, 0.3) is 32.9 Å². The van der Waals surface area contributed by atoms with E-state index in [0.717, 1.165) is 31.4 Å². The van der Waals surface area contributed by atoms with E-state index >= 15 is 0 Å². The molecule has 1 N–H and O–H groups in total. The fourth-order valence-electron chi connectivity index (χ4n) is 3.11. The van der Waals surface area contributed by atoms with E-state index < -0.39 is 12.2 Å². The van der Waals surface area contributed by atoms with Gasteiger partial charge in [-0.3, -0.25) is 4.98 Å². The lowest BCUT2D eigenvalue weighted by Crippen LogP contribution is -2.16. The molecule has 1 aromatic carbocycles. The lowest BCUT2D eigenvalue weighted by atomic mass is 10.1. The third-order valence-corrected chi connectivity index (χ3v) is 5.36. The Morgan fingerprint density at radius 1 is 1.20 bits per heavy atom. The van der Waals surface area contributed by atoms with Crippen molar-refractivity contribution in [2.75, 3.05) is 6.61 Å². The molecule has 152 valence electrons. The Morgan fingerprint density at radius 3 is 2.73 bits per heavy atom. The van der Waals surface area contributed by atoms with Crippen LogP contribution < -0.4 is 4.74 Å². The molecule has 8 nitrogen and oxygen atoms in total. The van der Waals surface area contributed by atoms with Crippen molar-refractivity contribution in [1.29, 1.82) is 0 Å². The second kappa shape index (κ2) is 7.96. The molecule has 0 aliphatic rings. The van der Waals surface area contributed by atoms with Crippen LogP contribution >= 0.6 is 11.3 Å². The first-order valence-electron chi connectivity index (χ1n) is 9.10. The summed E-state index contributed by atoms with van der Waals surface area (Å²) in [5.41, 5.74) is 2.80. The van der Waals surface area contributed by atoms with Crippen molar-refractivity contribution < 1.29 is 24.2 Å².